The number of allylic oxidation sites excluding steroid dienone is 1. The molecule has 4 aromatic rings. The van der Waals surface area contributed by atoms with E-state index in [2.05, 4.69) is 24.9 Å². The maximum atomic E-state index is 14.0. The Labute approximate surface area is 259 Å². The smallest absolute Gasteiger partial charge is 0.338 e. The van der Waals surface area contributed by atoms with Crippen molar-refractivity contribution in [2.45, 2.75) is 46.3 Å². The number of methoxy groups -OCH3 is 1. The van der Waals surface area contributed by atoms with Crippen LogP contribution >= 0.6 is 11.3 Å². The molecule has 0 N–H and O–H groups in total. The van der Waals surface area contributed by atoms with E-state index in [0.29, 0.717) is 43.6 Å². The number of ether oxygens (including phenoxy) is 3. The van der Waals surface area contributed by atoms with Crippen molar-refractivity contribution in [2.24, 2.45) is 4.99 Å². The lowest BCUT2D eigenvalue weighted by molar-refractivity contribution is -0.139. The molecule has 0 bridgehead atoms. The van der Waals surface area contributed by atoms with Gasteiger partial charge >= 0.3 is 5.97 Å². The lowest BCUT2D eigenvalue weighted by Gasteiger charge is -2.25. The number of rotatable bonds is 9. The Morgan fingerprint density at radius 1 is 1.11 bits per heavy atom. The van der Waals surface area contributed by atoms with Gasteiger partial charge in [0.05, 0.1) is 47.2 Å². The highest BCUT2D eigenvalue weighted by Crippen LogP contribution is 2.32. The summed E-state index contributed by atoms with van der Waals surface area (Å²) in [5.41, 5.74) is 4.64. The number of nitrogens with zero attached hydrogens (tertiary/aromatic N) is 3. The molecule has 8 nitrogen and oxygen atoms in total. The van der Waals surface area contributed by atoms with Crippen LogP contribution < -0.4 is 24.4 Å². The fraction of sp³-hybridized carbons (Fsp3) is 0.257. The standard InChI is InChI=1S/C35H33N3O5S/c1-6-42-34(40)31-22(4)37-35-38(32(31)25-14-12-24(13-15-25)21(2)3)33(39)30(44-35)18-23-11-16-28(29(17-23)41-5)43-20-27-10-8-7-9-26(27)19-36/h7-18,21,32H,6,20H2,1-5H3/b30-18+/t32-/m1/s1. The first-order valence-corrected chi connectivity index (χ1v) is 15.2. The molecule has 1 aliphatic rings. The van der Waals surface area contributed by atoms with E-state index in [4.69, 9.17) is 14.2 Å². The van der Waals surface area contributed by atoms with Gasteiger partial charge in [-0.15, -0.1) is 0 Å². The van der Waals surface area contributed by atoms with E-state index < -0.39 is 12.0 Å². The first-order valence-electron chi connectivity index (χ1n) is 14.3. The molecule has 0 saturated carbocycles. The molecule has 0 unspecified atom stereocenters. The molecule has 0 aliphatic carbocycles. The van der Waals surface area contributed by atoms with Crippen molar-refractivity contribution in [3.8, 4) is 17.6 Å². The van der Waals surface area contributed by atoms with Crippen LogP contribution in [0.15, 0.2) is 87.8 Å². The van der Waals surface area contributed by atoms with Gasteiger partial charge in [-0.1, -0.05) is 73.7 Å². The van der Waals surface area contributed by atoms with Gasteiger partial charge in [0.1, 0.15) is 6.61 Å². The Hall–Kier alpha value is -4.94. The number of hydrogen-bond acceptors (Lipinski definition) is 8. The van der Waals surface area contributed by atoms with Gasteiger partial charge in [0.15, 0.2) is 16.3 Å². The van der Waals surface area contributed by atoms with E-state index in [1.165, 1.54) is 11.3 Å². The fourth-order valence-electron chi connectivity index (χ4n) is 5.13. The van der Waals surface area contributed by atoms with Crippen molar-refractivity contribution in [2.75, 3.05) is 13.7 Å². The topological polar surface area (TPSA) is 103 Å². The third-order valence-corrected chi connectivity index (χ3v) is 8.43. The quantitative estimate of drug-likeness (QED) is 0.237. The number of thiazole rings is 1. The molecule has 3 aromatic carbocycles. The molecular formula is C35H33N3O5S. The highest BCUT2D eigenvalue weighted by molar-refractivity contribution is 7.07. The van der Waals surface area contributed by atoms with Crippen LogP contribution in [0.3, 0.4) is 0 Å². The van der Waals surface area contributed by atoms with Crippen LogP contribution in [0.4, 0.5) is 0 Å². The number of aromatic nitrogens is 1. The van der Waals surface area contributed by atoms with Crippen LogP contribution in [0, 0.1) is 11.3 Å². The monoisotopic (exact) mass is 607 g/mol. The minimum absolute atomic E-state index is 0.207. The molecule has 2 heterocycles. The third kappa shape index (κ3) is 6.08. The Balaban J connectivity index is 1.54. The highest BCUT2D eigenvalue weighted by Gasteiger charge is 2.33. The van der Waals surface area contributed by atoms with Crippen LogP contribution in [0.1, 0.15) is 67.5 Å². The van der Waals surface area contributed by atoms with Crippen LogP contribution in [0.5, 0.6) is 11.5 Å². The third-order valence-electron chi connectivity index (χ3n) is 7.44. The summed E-state index contributed by atoms with van der Waals surface area (Å²) in [6.07, 6.45) is 1.78. The van der Waals surface area contributed by atoms with Crippen LogP contribution in [0.2, 0.25) is 0 Å². The van der Waals surface area contributed by atoms with E-state index in [1.54, 1.807) is 49.8 Å². The zero-order chi connectivity index (χ0) is 31.4. The minimum atomic E-state index is -0.671. The lowest BCUT2D eigenvalue weighted by Crippen LogP contribution is -2.39. The number of carbonyl (C=O) groups excluding carboxylic acids is 1. The van der Waals surface area contributed by atoms with Crippen molar-refractivity contribution >= 4 is 23.4 Å². The van der Waals surface area contributed by atoms with Gasteiger partial charge in [0.25, 0.3) is 5.56 Å². The second-order valence-corrected chi connectivity index (χ2v) is 11.6. The Morgan fingerprint density at radius 2 is 1.86 bits per heavy atom. The highest BCUT2D eigenvalue weighted by atomic mass is 32.1. The van der Waals surface area contributed by atoms with Gasteiger partial charge in [-0.2, -0.15) is 5.26 Å². The van der Waals surface area contributed by atoms with Crippen molar-refractivity contribution in [1.82, 2.24) is 4.57 Å². The fourth-order valence-corrected chi connectivity index (χ4v) is 6.17. The maximum Gasteiger partial charge on any atom is 0.338 e. The van der Waals surface area contributed by atoms with Crippen molar-refractivity contribution in [3.63, 3.8) is 0 Å². The number of nitriles is 1. The number of esters is 1. The summed E-state index contributed by atoms with van der Waals surface area (Å²) in [5.74, 6) is 0.858. The largest absolute Gasteiger partial charge is 0.493 e. The number of hydrogen-bond donors (Lipinski definition) is 0. The molecule has 9 heteroatoms. The van der Waals surface area contributed by atoms with Gasteiger partial charge in [-0.05, 0) is 60.7 Å². The summed E-state index contributed by atoms with van der Waals surface area (Å²) >= 11 is 1.26. The minimum Gasteiger partial charge on any atom is -0.493 e. The first kappa shape index (κ1) is 30.5. The van der Waals surface area contributed by atoms with E-state index in [9.17, 15) is 14.9 Å². The predicted octanol–water partition coefficient (Wildman–Crippen LogP) is 5.38. The van der Waals surface area contributed by atoms with Crippen LogP contribution in [-0.4, -0.2) is 24.3 Å². The van der Waals surface area contributed by atoms with Gasteiger partial charge in [-0.3, -0.25) is 9.36 Å². The van der Waals surface area contributed by atoms with Gasteiger partial charge < -0.3 is 14.2 Å². The van der Waals surface area contributed by atoms with Gasteiger partial charge in [0.2, 0.25) is 0 Å². The summed E-state index contributed by atoms with van der Waals surface area (Å²) in [6, 6.07) is 22.2. The SMILES string of the molecule is CCOC(=O)C1=C(C)N=c2s/c(=C/c3ccc(OCc4ccccc4C#N)c(OC)c3)c(=O)n2[C@@H]1c1ccc(C(C)C)cc1. The van der Waals surface area contributed by atoms with E-state index >= 15 is 0 Å². The maximum absolute atomic E-state index is 14.0. The number of benzene rings is 3. The molecule has 0 fully saturated rings. The number of fused-ring (bicyclic) bond motifs is 1. The molecule has 0 radical (unpaired) electrons. The predicted molar refractivity (Wildman–Crippen MR) is 169 cm³/mol. The average Bonchev–Trinajstić information content (AvgIpc) is 3.33. The molecule has 0 amide bonds. The second-order valence-electron chi connectivity index (χ2n) is 10.6. The molecule has 5 rings (SSSR count). The summed E-state index contributed by atoms with van der Waals surface area (Å²) in [5, 5.41) is 9.38. The first-order chi connectivity index (χ1) is 21.2. The molecule has 0 saturated heterocycles. The van der Waals surface area contributed by atoms with E-state index in [0.717, 1.165) is 22.3 Å². The molecule has 0 spiro atoms. The van der Waals surface area contributed by atoms with E-state index in [1.807, 2.05) is 48.5 Å². The van der Waals surface area contributed by atoms with Gasteiger partial charge in [-0.25, -0.2) is 9.79 Å². The normalized spacial score (nSPS) is 14.6. The zero-order valence-electron chi connectivity index (χ0n) is 25.3. The molecule has 1 aliphatic heterocycles. The van der Waals surface area contributed by atoms with Crippen molar-refractivity contribution < 1.29 is 19.0 Å². The van der Waals surface area contributed by atoms with Crippen LogP contribution in [-0.2, 0) is 16.1 Å². The molecule has 1 aromatic heterocycles. The molecule has 224 valence electrons. The van der Waals surface area contributed by atoms with Gasteiger partial charge in [0, 0.05) is 5.56 Å². The summed E-state index contributed by atoms with van der Waals surface area (Å²) in [4.78, 5) is 32.3. The van der Waals surface area contributed by atoms with Crippen LogP contribution in [0.25, 0.3) is 6.08 Å². The molecule has 44 heavy (non-hydrogen) atoms. The summed E-state index contributed by atoms with van der Waals surface area (Å²) < 4.78 is 19.0. The number of carbonyl (C=O) groups is 1. The van der Waals surface area contributed by atoms with Crippen molar-refractivity contribution in [3.05, 3.63) is 126 Å². The summed E-state index contributed by atoms with van der Waals surface area (Å²) in [6.45, 7) is 8.19. The zero-order valence-corrected chi connectivity index (χ0v) is 26.1. The second kappa shape index (κ2) is 13.1. The Bertz CT molecular complexity index is 1960. The Kier molecular flexibility index (Phi) is 9.12. The van der Waals surface area contributed by atoms with E-state index in [-0.39, 0.29) is 18.8 Å². The Morgan fingerprint density at radius 3 is 2.55 bits per heavy atom. The average molecular weight is 608 g/mol. The lowest BCUT2D eigenvalue weighted by atomic mass is 9.93. The molecule has 1 atom stereocenters. The summed E-state index contributed by atoms with van der Waals surface area (Å²) in [7, 11) is 1.55. The molecular weight excluding hydrogens is 574 g/mol. The van der Waals surface area contributed by atoms with Crippen molar-refractivity contribution in [1.29, 1.82) is 5.26 Å².